The Morgan fingerprint density at radius 2 is 1.81 bits per heavy atom. The second-order valence-corrected chi connectivity index (χ2v) is 6.24. The van der Waals surface area contributed by atoms with Gasteiger partial charge in [-0.15, -0.1) is 0 Å². The van der Waals surface area contributed by atoms with Crippen LogP contribution >= 0.6 is 0 Å². The molecule has 7 nitrogen and oxygen atoms in total. The number of hydrogen-bond donors (Lipinski definition) is 1. The van der Waals surface area contributed by atoms with Crippen molar-refractivity contribution in [2.75, 3.05) is 12.4 Å². The van der Waals surface area contributed by atoms with E-state index < -0.39 is 0 Å². The molecule has 136 valence electrons. The lowest BCUT2D eigenvalue weighted by Crippen LogP contribution is -2.20. The van der Waals surface area contributed by atoms with Crippen molar-refractivity contribution in [1.82, 2.24) is 9.36 Å². The molecule has 0 fully saturated rings. The molecule has 0 unspecified atom stereocenters. The molecule has 4 rings (SSSR count). The topological polar surface area (TPSA) is 77.6 Å². The second-order valence-electron chi connectivity index (χ2n) is 6.24. The second kappa shape index (κ2) is 6.28. The standard InChI is InChI=1S/C20H18N4O3/c1-12-17(20(26)24(23(12)2)13-7-5-4-6-8-13)22-18-15-11-14(27-3)9-10-16(15)21-19(18)25/h4-11H,1-3H3,(H,21,22,25). The third-order valence-corrected chi connectivity index (χ3v) is 4.69. The third kappa shape index (κ3) is 2.64. The molecule has 2 heterocycles. The van der Waals surface area contributed by atoms with Crippen molar-refractivity contribution in [3.05, 3.63) is 70.1 Å². The Hall–Kier alpha value is -3.61. The van der Waals surface area contributed by atoms with Crippen LogP contribution in [0.3, 0.4) is 0 Å². The van der Waals surface area contributed by atoms with E-state index in [2.05, 4.69) is 10.3 Å². The Morgan fingerprint density at radius 1 is 1.07 bits per heavy atom. The highest BCUT2D eigenvalue weighted by molar-refractivity contribution is 6.54. The van der Waals surface area contributed by atoms with Crippen molar-refractivity contribution in [2.45, 2.75) is 6.92 Å². The molecule has 0 aliphatic carbocycles. The largest absolute Gasteiger partial charge is 0.497 e. The Kier molecular flexibility index (Phi) is 3.92. The first-order valence-corrected chi connectivity index (χ1v) is 8.43. The number of carbonyl (C=O) groups is 1. The molecule has 1 aromatic heterocycles. The number of carbonyl (C=O) groups excluding carboxylic acids is 1. The zero-order valence-corrected chi connectivity index (χ0v) is 15.2. The fourth-order valence-electron chi connectivity index (χ4n) is 3.16. The first-order chi connectivity index (χ1) is 13.0. The maximum Gasteiger partial charge on any atom is 0.297 e. The van der Waals surface area contributed by atoms with E-state index in [9.17, 15) is 9.59 Å². The van der Waals surface area contributed by atoms with Gasteiger partial charge in [-0.2, -0.15) is 0 Å². The zero-order chi connectivity index (χ0) is 19.1. The van der Waals surface area contributed by atoms with E-state index in [0.717, 1.165) is 5.69 Å². The van der Waals surface area contributed by atoms with E-state index in [1.807, 2.05) is 30.3 Å². The summed E-state index contributed by atoms with van der Waals surface area (Å²) in [6, 6.07) is 14.6. The molecule has 1 N–H and O–H groups in total. The van der Waals surface area contributed by atoms with Crippen LogP contribution in [-0.2, 0) is 11.8 Å². The number of nitrogens with zero attached hydrogens (tertiary/aromatic N) is 3. The molecule has 0 radical (unpaired) electrons. The fourth-order valence-corrected chi connectivity index (χ4v) is 3.16. The summed E-state index contributed by atoms with van der Waals surface area (Å²) in [4.78, 5) is 29.9. The number of para-hydroxylation sites is 1. The van der Waals surface area contributed by atoms with Gasteiger partial charge in [0.2, 0.25) is 0 Å². The minimum absolute atomic E-state index is 0.204. The summed E-state index contributed by atoms with van der Waals surface area (Å²) in [6.45, 7) is 1.81. The molecule has 27 heavy (non-hydrogen) atoms. The lowest BCUT2D eigenvalue weighted by molar-refractivity contribution is -0.110. The lowest BCUT2D eigenvalue weighted by atomic mass is 10.1. The molecule has 0 bridgehead atoms. The number of ether oxygens (including phenoxy) is 1. The predicted octanol–water partition coefficient (Wildman–Crippen LogP) is 2.57. The summed E-state index contributed by atoms with van der Waals surface area (Å²) >= 11 is 0. The quantitative estimate of drug-likeness (QED) is 0.778. The van der Waals surface area contributed by atoms with Crippen LogP contribution in [0.4, 0.5) is 11.4 Å². The zero-order valence-electron chi connectivity index (χ0n) is 15.2. The summed E-state index contributed by atoms with van der Waals surface area (Å²) in [7, 11) is 3.35. The van der Waals surface area contributed by atoms with Crippen LogP contribution in [0.25, 0.3) is 5.69 Å². The monoisotopic (exact) mass is 362 g/mol. The number of rotatable bonds is 3. The highest BCUT2D eigenvalue weighted by Crippen LogP contribution is 2.29. The van der Waals surface area contributed by atoms with Gasteiger partial charge in [0.1, 0.15) is 11.5 Å². The molecule has 1 aliphatic heterocycles. The molecule has 0 saturated carbocycles. The molecule has 7 heteroatoms. The molecule has 0 spiro atoms. The van der Waals surface area contributed by atoms with Gasteiger partial charge in [-0.05, 0) is 37.3 Å². The number of anilines is 1. The normalized spacial score (nSPS) is 14.3. The minimum Gasteiger partial charge on any atom is -0.497 e. The van der Waals surface area contributed by atoms with E-state index in [1.165, 1.54) is 4.68 Å². The molecule has 3 aromatic rings. The number of nitrogens with one attached hydrogen (secondary N) is 1. The summed E-state index contributed by atoms with van der Waals surface area (Å²) in [6.07, 6.45) is 0. The van der Waals surface area contributed by atoms with Crippen LogP contribution in [0.2, 0.25) is 0 Å². The van der Waals surface area contributed by atoms with Crippen molar-refractivity contribution < 1.29 is 9.53 Å². The highest BCUT2D eigenvalue weighted by Gasteiger charge is 2.28. The molecule has 0 saturated heterocycles. The lowest BCUT2D eigenvalue weighted by Gasteiger charge is -2.07. The van der Waals surface area contributed by atoms with Crippen molar-refractivity contribution >= 4 is 23.0 Å². The smallest absolute Gasteiger partial charge is 0.297 e. The van der Waals surface area contributed by atoms with Gasteiger partial charge >= 0.3 is 0 Å². The predicted molar refractivity (Wildman–Crippen MR) is 104 cm³/mol. The first-order valence-electron chi connectivity index (χ1n) is 8.43. The van der Waals surface area contributed by atoms with Crippen LogP contribution in [0.1, 0.15) is 11.3 Å². The average Bonchev–Trinajstić information content (AvgIpc) is 3.10. The Labute approximate surface area is 155 Å². The Balaban J connectivity index is 1.90. The van der Waals surface area contributed by atoms with Crippen molar-refractivity contribution in [3.8, 4) is 11.4 Å². The van der Waals surface area contributed by atoms with Gasteiger partial charge in [-0.1, -0.05) is 18.2 Å². The third-order valence-electron chi connectivity index (χ3n) is 4.69. The SMILES string of the molecule is COc1ccc2c(c1)C(=Nc1c(C)n(C)n(-c3ccccc3)c1=O)C(=O)N2. The Morgan fingerprint density at radius 3 is 2.52 bits per heavy atom. The van der Waals surface area contributed by atoms with Gasteiger partial charge in [0.05, 0.1) is 24.2 Å². The molecule has 2 aromatic carbocycles. The number of aliphatic imine (C=N–C) groups is 1. The maximum atomic E-state index is 13.0. The number of aromatic nitrogens is 2. The van der Waals surface area contributed by atoms with Crippen LogP contribution in [0.5, 0.6) is 5.75 Å². The molecular weight excluding hydrogens is 344 g/mol. The summed E-state index contributed by atoms with van der Waals surface area (Å²) < 4.78 is 8.51. The highest BCUT2D eigenvalue weighted by atomic mass is 16.5. The molecule has 1 amide bonds. The summed E-state index contributed by atoms with van der Waals surface area (Å²) in [5.41, 5.74) is 2.83. The number of benzene rings is 2. The van der Waals surface area contributed by atoms with Gasteiger partial charge in [0, 0.05) is 12.6 Å². The molecule has 0 atom stereocenters. The number of amides is 1. The van der Waals surface area contributed by atoms with Crippen LogP contribution in [0.15, 0.2) is 58.3 Å². The first kappa shape index (κ1) is 16.8. The van der Waals surface area contributed by atoms with E-state index in [-0.39, 0.29) is 22.9 Å². The van der Waals surface area contributed by atoms with E-state index in [4.69, 9.17) is 4.74 Å². The van der Waals surface area contributed by atoms with Crippen LogP contribution in [-0.4, -0.2) is 28.1 Å². The maximum absolute atomic E-state index is 13.0. The molecular formula is C20H18N4O3. The summed E-state index contributed by atoms with van der Waals surface area (Å²) in [5.74, 6) is 0.275. The number of hydrogen-bond acceptors (Lipinski definition) is 4. The van der Waals surface area contributed by atoms with Gasteiger partial charge in [0.25, 0.3) is 11.5 Å². The fraction of sp³-hybridized carbons (Fsp3) is 0.150. The van der Waals surface area contributed by atoms with E-state index in [0.29, 0.717) is 22.7 Å². The summed E-state index contributed by atoms with van der Waals surface area (Å²) in [5, 5.41) is 2.77. The van der Waals surface area contributed by atoms with Crippen molar-refractivity contribution in [1.29, 1.82) is 0 Å². The minimum atomic E-state index is -0.341. The number of fused-ring (bicyclic) bond motifs is 1. The average molecular weight is 362 g/mol. The molecule has 1 aliphatic rings. The van der Waals surface area contributed by atoms with E-state index >= 15 is 0 Å². The van der Waals surface area contributed by atoms with Crippen molar-refractivity contribution in [3.63, 3.8) is 0 Å². The van der Waals surface area contributed by atoms with Crippen molar-refractivity contribution in [2.24, 2.45) is 12.0 Å². The van der Waals surface area contributed by atoms with E-state index in [1.54, 1.807) is 44.0 Å². The van der Waals surface area contributed by atoms with Gasteiger partial charge < -0.3 is 10.1 Å². The Bertz CT molecular complexity index is 1140. The van der Waals surface area contributed by atoms with Gasteiger partial charge in [0.15, 0.2) is 5.69 Å². The van der Waals surface area contributed by atoms with Crippen LogP contribution < -0.4 is 15.6 Å². The number of methoxy groups -OCH3 is 1. The van der Waals surface area contributed by atoms with Gasteiger partial charge in [-0.25, -0.2) is 9.67 Å². The van der Waals surface area contributed by atoms with Gasteiger partial charge in [-0.3, -0.25) is 14.3 Å². The van der Waals surface area contributed by atoms with Crippen LogP contribution in [0, 0.1) is 6.92 Å².